The molecule has 2 amide bonds. The molecule has 0 saturated heterocycles. The molecule has 6 nitrogen and oxygen atoms in total. The number of aryl methyl sites for hydroxylation is 1. The molecule has 1 N–H and O–H groups in total. The van der Waals surface area contributed by atoms with Crippen molar-refractivity contribution in [3.63, 3.8) is 0 Å². The van der Waals surface area contributed by atoms with Crippen LogP contribution in [-0.2, 0) is 16.1 Å². The zero-order valence-electron chi connectivity index (χ0n) is 9.81. The fraction of sp³-hybridized carbons (Fsp3) is 0.500. The fourth-order valence-corrected chi connectivity index (χ4v) is 1.23. The first-order valence-corrected chi connectivity index (χ1v) is 5.66. The van der Waals surface area contributed by atoms with Crippen LogP contribution in [0.15, 0.2) is 12.3 Å². The molecule has 1 heterocycles. The summed E-state index contributed by atoms with van der Waals surface area (Å²) in [6.07, 6.45) is 2.07. The van der Waals surface area contributed by atoms with E-state index >= 15 is 0 Å². The van der Waals surface area contributed by atoms with E-state index in [1.54, 1.807) is 31.0 Å². The van der Waals surface area contributed by atoms with Gasteiger partial charge in [-0.15, -0.1) is 11.6 Å². The minimum atomic E-state index is -0.304. The molecule has 0 radical (unpaired) electrons. The van der Waals surface area contributed by atoms with Crippen LogP contribution >= 0.6 is 11.6 Å². The number of anilines is 1. The van der Waals surface area contributed by atoms with E-state index in [4.69, 9.17) is 11.6 Å². The number of aromatic nitrogens is 2. The minimum Gasteiger partial charge on any atom is -0.349 e. The summed E-state index contributed by atoms with van der Waals surface area (Å²) in [5.74, 6) is 0.0625. The Kier molecular flexibility index (Phi) is 4.96. The number of halogens is 1. The molecule has 0 saturated carbocycles. The second kappa shape index (κ2) is 6.24. The van der Waals surface area contributed by atoms with Crippen LogP contribution in [0, 0.1) is 0 Å². The highest BCUT2D eigenvalue weighted by atomic mass is 35.5. The van der Waals surface area contributed by atoms with Gasteiger partial charge in [-0.1, -0.05) is 0 Å². The van der Waals surface area contributed by atoms with E-state index in [1.807, 2.05) is 0 Å². The highest BCUT2D eigenvalue weighted by molar-refractivity contribution is 6.28. The highest BCUT2D eigenvalue weighted by Gasteiger charge is 2.06. The van der Waals surface area contributed by atoms with Crippen LogP contribution in [0.4, 0.5) is 5.82 Å². The van der Waals surface area contributed by atoms with Crippen LogP contribution in [0.1, 0.15) is 6.42 Å². The normalized spacial score (nSPS) is 10.1. The van der Waals surface area contributed by atoms with Crippen LogP contribution < -0.4 is 5.32 Å². The Morgan fingerprint density at radius 1 is 1.53 bits per heavy atom. The lowest BCUT2D eigenvalue weighted by atomic mass is 10.4. The Morgan fingerprint density at radius 2 is 2.24 bits per heavy atom. The second-order valence-corrected chi connectivity index (χ2v) is 3.95. The molecule has 0 aliphatic carbocycles. The first kappa shape index (κ1) is 13.5. The average molecular weight is 259 g/mol. The first-order valence-electron chi connectivity index (χ1n) is 5.12. The van der Waals surface area contributed by atoms with Gasteiger partial charge in [-0.05, 0) is 0 Å². The van der Waals surface area contributed by atoms with Crippen LogP contribution in [0.3, 0.4) is 0 Å². The fourth-order valence-electron chi connectivity index (χ4n) is 1.16. The molecular formula is C10H15ClN4O2. The maximum Gasteiger partial charge on any atom is 0.240 e. The van der Waals surface area contributed by atoms with Crippen LogP contribution in [-0.4, -0.2) is 46.5 Å². The lowest BCUT2D eigenvalue weighted by Gasteiger charge is -2.09. The van der Waals surface area contributed by atoms with Gasteiger partial charge in [0.25, 0.3) is 0 Å². The molecule has 0 aliphatic heterocycles. The minimum absolute atomic E-state index is 0.0341. The Morgan fingerprint density at radius 3 is 2.82 bits per heavy atom. The predicted octanol–water partition coefficient (Wildman–Crippen LogP) is 0.539. The number of amides is 2. The van der Waals surface area contributed by atoms with Crippen LogP contribution in [0.5, 0.6) is 0 Å². The molecule has 1 aromatic heterocycles. The Labute approximate surface area is 105 Å². The Bertz CT molecular complexity index is 403. The van der Waals surface area contributed by atoms with Crippen molar-refractivity contribution in [2.45, 2.75) is 13.0 Å². The summed E-state index contributed by atoms with van der Waals surface area (Å²) in [5, 5.41) is 6.61. The number of rotatable bonds is 5. The summed E-state index contributed by atoms with van der Waals surface area (Å²) in [6, 6.07) is 1.66. The number of nitrogens with zero attached hydrogens (tertiary/aromatic N) is 3. The summed E-state index contributed by atoms with van der Waals surface area (Å²) in [4.78, 5) is 23.9. The van der Waals surface area contributed by atoms with Crippen LogP contribution in [0.2, 0.25) is 0 Å². The van der Waals surface area contributed by atoms with E-state index in [9.17, 15) is 9.59 Å². The van der Waals surface area contributed by atoms with Gasteiger partial charge in [0.1, 0.15) is 5.88 Å². The van der Waals surface area contributed by atoms with E-state index in [-0.39, 0.29) is 17.7 Å². The molecule has 7 heteroatoms. The smallest absolute Gasteiger partial charge is 0.240 e. The molecule has 0 spiro atoms. The molecule has 0 bridgehead atoms. The number of hydrogen-bond acceptors (Lipinski definition) is 3. The first-order chi connectivity index (χ1) is 8.02. The lowest BCUT2D eigenvalue weighted by molar-refractivity contribution is -0.129. The molecular weight excluding hydrogens is 244 g/mol. The maximum absolute atomic E-state index is 11.3. The number of carbonyl (C=O) groups is 2. The molecule has 0 aromatic carbocycles. The van der Waals surface area contributed by atoms with Gasteiger partial charge in [-0.25, -0.2) is 0 Å². The highest BCUT2D eigenvalue weighted by Crippen LogP contribution is 2.03. The molecule has 0 aliphatic rings. The molecule has 0 unspecified atom stereocenters. The third-order valence-corrected chi connectivity index (χ3v) is 2.33. The van der Waals surface area contributed by atoms with E-state index in [0.29, 0.717) is 18.8 Å². The van der Waals surface area contributed by atoms with Crippen molar-refractivity contribution in [2.24, 2.45) is 0 Å². The standard InChI is InChI=1S/C10H15ClN4O2/c1-14(2)10(17)4-6-15-5-3-8(13-15)12-9(16)7-11/h3,5H,4,6-7H2,1-2H3,(H,12,13,16). The lowest BCUT2D eigenvalue weighted by Crippen LogP contribution is -2.23. The zero-order chi connectivity index (χ0) is 12.8. The Hall–Kier alpha value is -1.56. The van der Waals surface area contributed by atoms with Gasteiger partial charge in [-0.3, -0.25) is 14.3 Å². The van der Waals surface area contributed by atoms with Crippen molar-refractivity contribution in [1.82, 2.24) is 14.7 Å². The summed E-state index contributed by atoms with van der Waals surface area (Å²) >= 11 is 5.35. The number of hydrogen-bond donors (Lipinski definition) is 1. The predicted molar refractivity (Wildman–Crippen MR) is 64.9 cm³/mol. The van der Waals surface area contributed by atoms with Gasteiger partial charge in [0.2, 0.25) is 11.8 Å². The van der Waals surface area contributed by atoms with Crippen molar-refractivity contribution in [3.05, 3.63) is 12.3 Å². The summed E-state index contributed by atoms with van der Waals surface area (Å²) < 4.78 is 1.60. The van der Waals surface area contributed by atoms with Gasteiger partial charge < -0.3 is 10.2 Å². The van der Waals surface area contributed by atoms with Gasteiger partial charge in [0.05, 0.1) is 0 Å². The number of nitrogens with one attached hydrogen (secondary N) is 1. The van der Waals surface area contributed by atoms with Gasteiger partial charge in [-0.2, -0.15) is 5.10 Å². The summed E-state index contributed by atoms with van der Waals surface area (Å²) in [5.41, 5.74) is 0. The summed E-state index contributed by atoms with van der Waals surface area (Å²) in [7, 11) is 3.41. The van der Waals surface area contributed by atoms with E-state index in [1.165, 1.54) is 4.90 Å². The molecule has 17 heavy (non-hydrogen) atoms. The van der Waals surface area contributed by atoms with E-state index in [2.05, 4.69) is 10.4 Å². The SMILES string of the molecule is CN(C)C(=O)CCn1ccc(NC(=O)CCl)n1. The van der Waals surface area contributed by atoms with Crippen molar-refractivity contribution < 1.29 is 9.59 Å². The van der Waals surface area contributed by atoms with Gasteiger partial charge >= 0.3 is 0 Å². The monoisotopic (exact) mass is 258 g/mol. The largest absolute Gasteiger partial charge is 0.349 e. The topological polar surface area (TPSA) is 67.2 Å². The van der Waals surface area contributed by atoms with Crippen molar-refractivity contribution in [2.75, 3.05) is 25.3 Å². The summed E-state index contributed by atoms with van der Waals surface area (Å²) in [6.45, 7) is 0.480. The molecule has 0 fully saturated rings. The van der Waals surface area contributed by atoms with Crippen molar-refractivity contribution in [3.8, 4) is 0 Å². The van der Waals surface area contributed by atoms with Gasteiger partial charge in [0.15, 0.2) is 5.82 Å². The quantitative estimate of drug-likeness (QED) is 0.784. The number of carbonyl (C=O) groups excluding carboxylic acids is 2. The average Bonchev–Trinajstić information content (AvgIpc) is 2.73. The molecule has 1 rings (SSSR count). The maximum atomic E-state index is 11.3. The van der Waals surface area contributed by atoms with Gasteiger partial charge in [0, 0.05) is 39.3 Å². The third kappa shape index (κ3) is 4.44. The second-order valence-electron chi connectivity index (χ2n) is 3.68. The van der Waals surface area contributed by atoms with E-state index < -0.39 is 0 Å². The van der Waals surface area contributed by atoms with Crippen molar-refractivity contribution in [1.29, 1.82) is 0 Å². The third-order valence-electron chi connectivity index (χ3n) is 2.08. The van der Waals surface area contributed by atoms with E-state index in [0.717, 1.165) is 0 Å². The molecule has 94 valence electrons. The van der Waals surface area contributed by atoms with Crippen LogP contribution in [0.25, 0.3) is 0 Å². The van der Waals surface area contributed by atoms with Crippen molar-refractivity contribution >= 4 is 29.2 Å². The number of alkyl halides is 1. The Balaban J connectivity index is 2.46. The molecule has 0 atom stereocenters. The zero-order valence-corrected chi connectivity index (χ0v) is 10.6. The molecule has 1 aromatic rings.